The lowest BCUT2D eigenvalue weighted by Crippen LogP contribution is -2.22. The van der Waals surface area contributed by atoms with Gasteiger partial charge in [0, 0.05) is 12.2 Å². The highest BCUT2D eigenvalue weighted by atomic mass is 32.2. The van der Waals surface area contributed by atoms with E-state index in [1.54, 1.807) is 12.1 Å². The van der Waals surface area contributed by atoms with Gasteiger partial charge in [0.05, 0.1) is 4.90 Å². The summed E-state index contributed by atoms with van der Waals surface area (Å²) in [5, 5.41) is 11.3. The van der Waals surface area contributed by atoms with E-state index in [2.05, 4.69) is 17.6 Å². The minimum atomic E-state index is -3.60. The lowest BCUT2D eigenvalue weighted by molar-refractivity contribution is 0.569. The summed E-state index contributed by atoms with van der Waals surface area (Å²) in [5.74, 6) is 0.498. The van der Waals surface area contributed by atoms with Crippen molar-refractivity contribution in [3.63, 3.8) is 0 Å². The second-order valence-corrected chi connectivity index (χ2v) is 5.67. The first-order chi connectivity index (χ1) is 7.93. The third-order valence-electron chi connectivity index (χ3n) is 2.39. The number of rotatable bonds is 6. The van der Waals surface area contributed by atoms with Crippen molar-refractivity contribution in [2.24, 2.45) is 11.1 Å². The highest BCUT2D eigenvalue weighted by Crippen LogP contribution is 2.12. The predicted octanol–water partition coefficient (Wildman–Crippen LogP) is 0.601. The van der Waals surface area contributed by atoms with Crippen molar-refractivity contribution in [2.75, 3.05) is 25.5 Å². The van der Waals surface area contributed by atoms with Crippen LogP contribution in [-0.4, -0.2) is 28.6 Å². The molecule has 0 saturated heterocycles. The number of hydrogen-bond acceptors (Lipinski definition) is 4. The molecule has 0 aliphatic carbocycles. The van der Waals surface area contributed by atoms with Crippen LogP contribution in [0, 0.1) is 5.92 Å². The van der Waals surface area contributed by atoms with Crippen LogP contribution in [0.5, 0.6) is 0 Å². The van der Waals surface area contributed by atoms with E-state index in [4.69, 9.17) is 5.14 Å². The minimum absolute atomic E-state index is 0.131. The Morgan fingerprint density at radius 1 is 1.24 bits per heavy atom. The molecule has 6 heteroatoms. The van der Waals surface area contributed by atoms with Crippen LogP contribution in [0.2, 0.25) is 0 Å². The molecule has 0 aliphatic rings. The van der Waals surface area contributed by atoms with Gasteiger partial charge in [-0.05, 0) is 43.8 Å². The van der Waals surface area contributed by atoms with Gasteiger partial charge in [-0.2, -0.15) is 0 Å². The second-order valence-electron chi connectivity index (χ2n) is 4.11. The molecule has 5 nitrogen and oxygen atoms in total. The largest absolute Gasteiger partial charge is 0.385 e. The van der Waals surface area contributed by atoms with Crippen LogP contribution in [0.4, 0.5) is 5.69 Å². The van der Waals surface area contributed by atoms with Crippen LogP contribution in [0.1, 0.15) is 6.92 Å². The highest BCUT2D eigenvalue weighted by Gasteiger charge is 2.06. The average molecular weight is 257 g/mol. The third kappa shape index (κ3) is 4.72. The summed E-state index contributed by atoms with van der Waals surface area (Å²) in [6, 6.07) is 6.43. The van der Waals surface area contributed by atoms with E-state index >= 15 is 0 Å². The summed E-state index contributed by atoms with van der Waals surface area (Å²) in [4.78, 5) is 0.131. The Hall–Kier alpha value is -1.11. The molecule has 0 bridgehead atoms. The molecule has 1 aromatic rings. The van der Waals surface area contributed by atoms with E-state index in [0.717, 1.165) is 18.8 Å². The standard InChI is InChI=1S/C11H19N3O2S/c1-9(7-13-2)8-14-10-3-5-11(6-4-10)17(12,15)16/h3-6,9,13-14H,7-8H2,1-2H3,(H2,12,15,16). The van der Waals surface area contributed by atoms with Crippen molar-refractivity contribution >= 4 is 15.7 Å². The molecule has 1 rings (SSSR count). The van der Waals surface area contributed by atoms with Gasteiger partial charge >= 0.3 is 0 Å². The molecule has 0 aromatic heterocycles. The Balaban J connectivity index is 2.57. The van der Waals surface area contributed by atoms with Gasteiger partial charge in [0.1, 0.15) is 0 Å². The van der Waals surface area contributed by atoms with Gasteiger partial charge < -0.3 is 10.6 Å². The Kier molecular flexibility index (Phi) is 4.92. The average Bonchev–Trinajstić information content (AvgIpc) is 2.26. The number of sulfonamides is 1. The van der Waals surface area contributed by atoms with Gasteiger partial charge in [0.2, 0.25) is 10.0 Å². The van der Waals surface area contributed by atoms with Crippen molar-refractivity contribution in [1.82, 2.24) is 5.32 Å². The lowest BCUT2D eigenvalue weighted by Gasteiger charge is -2.13. The Labute approximate surface area is 102 Å². The Morgan fingerprint density at radius 2 is 1.82 bits per heavy atom. The fourth-order valence-electron chi connectivity index (χ4n) is 1.48. The third-order valence-corrected chi connectivity index (χ3v) is 3.32. The predicted molar refractivity (Wildman–Crippen MR) is 69.4 cm³/mol. The monoisotopic (exact) mass is 257 g/mol. The van der Waals surface area contributed by atoms with Crippen molar-refractivity contribution in [3.8, 4) is 0 Å². The van der Waals surface area contributed by atoms with Gasteiger partial charge in [-0.25, -0.2) is 13.6 Å². The molecule has 96 valence electrons. The molecule has 1 aromatic carbocycles. The molecular formula is C11H19N3O2S. The summed E-state index contributed by atoms with van der Waals surface area (Å²) < 4.78 is 22.1. The van der Waals surface area contributed by atoms with E-state index in [0.29, 0.717) is 5.92 Å². The zero-order chi connectivity index (χ0) is 12.9. The van der Waals surface area contributed by atoms with E-state index in [1.807, 2.05) is 7.05 Å². The van der Waals surface area contributed by atoms with Gasteiger partial charge in [-0.15, -0.1) is 0 Å². The number of anilines is 1. The maximum Gasteiger partial charge on any atom is 0.238 e. The molecule has 0 saturated carbocycles. The molecule has 0 heterocycles. The van der Waals surface area contributed by atoms with E-state index in [1.165, 1.54) is 12.1 Å². The minimum Gasteiger partial charge on any atom is -0.385 e. The van der Waals surface area contributed by atoms with Crippen LogP contribution in [0.3, 0.4) is 0 Å². The number of hydrogen-bond donors (Lipinski definition) is 3. The first kappa shape index (κ1) is 14.0. The maximum atomic E-state index is 11.0. The van der Waals surface area contributed by atoms with E-state index < -0.39 is 10.0 Å². The zero-order valence-corrected chi connectivity index (χ0v) is 10.9. The van der Waals surface area contributed by atoms with Gasteiger partial charge in [-0.3, -0.25) is 0 Å². The molecule has 4 N–H and O–H groups in total. The van der Waals surface area contributed by atoms with Gasteiger partial charge in [-0.1, -0.05) is 6.92 Å². The number of primary sulfonamides is 1. The topological polar surface area (TPSA) is 84.2 Å². The van der Waals surface area contributed by atoms with Crippen molar-refractivity contribution < 1.29 is 8.42 Å². The summed E-state index contributed by atoms with van der Waals surface area (Å²) in [5.41, 5.74) is 0.889. The zero-order valence-electron chi connectivity index (χ0n) is 10.1. The number of nitrogens with two attached hydrogens (primary N) is 1. The molecule has 17 heavy (non-hydrogen) atoms. The first-order valence-corrected chi connectivity index (χ1v) is 6.99. The molecule has 1 unspecified atom stereocenters. The summed E-state index contributed by atoms with van der Waals surface area (Å²) in [7, 11) is -1.68. The molecule has 0 aliphatic heterocycles. The second kappa shape index (κ2) is 6.00. The fraction of sp³-hybridized carbons (Fsp3) is 0.455. The molecular weight excluding hydrogens is 238 g/mol. The molecule has 0 amide bonds. The van der Waals surface area contributed by atoms with Crippen LogP contribution < -0.4 is 15.8 Å². The van der Waals surface area contributed by atoms with Crippen LogP contribution in [-0.2, 0) is 10.0 Å². The van der Waals surface area contributed by atoms with Crippen molar-refractivity contribution in [2.45, 2.75) is 11.8 Å². The van der Waals surface area contributed by atoms with Crippen LogP contribution >= 0.6 is 0 Å². The van der Waals surface area contributed by atoms with Crippen LogP contribution in [0.15, 0.2) is 29.2 Å². The SMILES string of the molecule is CNCC(C)CNc1ccc(S(N)(=O)=O)cc1. The maximum absolute atomic E-state index is 11.0. The quantitative estimate of drug-likeness (QED) is 0.697. The normalized spacial score (nSPS) is 13.4. The smallest absolute Gasteiger partial charge is 0.238 e. The fourth-order valence-corrected chi connectivity index (χ4v) is 1.99. The molecule has 0 fully saturated rings. The van der Waals surface area contributed by atoms with Crippen molar-refractivity contribution in [3.05, 3.63) is 24.3 Å². The molecule has 0 spiro atoms. The summed E-state index contributed by atoms with van der Waals surface area (Å²) >= 11 is 0. The van der Waals surface area contributed by atoms with Gasteiger partial charge in [0.15, 0.2) is 0 Å². The van der Waals surface area contributed by atoms with E-state index in [-0.39, 0.29) is 4.90 Å². The Morgan fingerprint density at radius 3 is 2.29 bits per heavy atom. The van der Waals surface area contributed by atoms with Crippen LogP contribution in [0.25, 0.3) is 0 Å². The summed E-state index contributed by atoms with van der Waals surface area (Å²) in [6.07, 6.45) is 0. The first-order valence-electron chi connectivity index (χ1n) is 5.45. The Bertz CT molecular complexity index is 442. The lowest BCUT2D eigenvalue weighted by atomic mass is 10.2. The number of nitrogens with one attached hydrogen (secondary N) is 2. The van der Waals surface area contributed by atoms with Gasteiger partial charge in [0.25, 0.3) is 0 Å². The van der Waals surface area contributed by atoms with E-state index in [9.17, 15) is 8.42 Å². The molecule has 1 atom stereocenters. The highest BCUT2D eigenvalue weighted by molar-refractivity contribution is 7.89. The number of benzene rings is 1. The van der Waals surface area contributed by atoms with Crippen molar-refractivity contribution in [1.29, 1.82) is 0 Å². The summed E-state index contributed by atoms with van der Waals surface area (Å²) in [6.45, 7) is 3.89. The molecule has 0 radical (unpaired) electrons.